The normalized spacial score (nSPS) is 10.7. The van der Waals surface area contributed by atoms with Crippen molar-refractivity contribution in [2.75, 3.05) is 19.8 Å². The Morgan fingerprint density at radius 3 is 2.25 bits per heavy atom. The third kappa shape index (κ3) is 7.12. The topological polar surface area (TPSA) is 45.5 Å². The van der Waals surface area contributed by atoms with Crippen LogP contribution in [-0.4, -0.2) is 29.6 Å². The minimum atomic E-state index is 0.122. The molecule has 0 atom stereocenters. The minimum Gasteiger partial charge on any atom is -0.490 e. The third-order valence-electron chi connectivity index (χ3n) is 4.22. The van der Waals surface area contributed by atoms with E-state index in [9.17, 15) is 0 Å². The number of aromatic nitrogens is 2. The molecule has 3 aromatic rings. The van der Waals surface area contributed by atoms with Gasteiger partial charge in [-0.2, -0.15) is 5.10 Å². The SMILES string of the molecule is Cn1nc(-c2ccc(Cl)cc2)cc1OCCCOc1c(Cl)cc(OCC=C(Cl)Cl)cc1Cl. The van der Waals surface area contributed by atoms with Crippen LogP contribution in [0.4, 0.5) is 0 Å². The fourth-order valence-electron chi connectivity index (χ4n) is 2.72. The highest BCUT2D eigenvalue weighted by Crippen LogP contribution is 2.37. The first-order chi connectivity index (χ1) is 15.3. The summed E-state index contributed by atoms with van der Waals surface area (Å²) in [6, 6.07) is 12.6. The summed E-state index contributed by atoms with van der Waals surface area (Å²) in [5.41, 5.74) is 1.77. The summed E-state index contributed by atoms with van der Waals surface area (Å²) >= 11 is 29.6. The van der Waals surface area contributed by atoms with Crippen LogP contribution in [0.1, 0.15) is 6.42 Å². The van der Waals surface area contributed by atoms with Gasteiger partial charge in [-0.25, -0.2) is 4.68 Å². The van der Waals surface area contributed by atoms with Crippen LogP contribution in [0.25, 0.3) is 11.3 Å². The van der Waals surface area contributed by atoms with E-state index in [0.29, 0.717) is 52.1 Å². The average molecular weight is 537 g/mol. The monoisotopic (exact) mass is 534 g/mol. The molecule has 0 unspecified atom stereocenters. The zero-order valence-electron chi connectivity index (χ0n) is 17.0. The van der Waals surface area contributed by atoms with Gasteiger partial charge in [0.15, 0.2) is 5.75 Å². The second-order valence-electron chi connectivity index (χ2n) is 6.57. The van der Waals surface area contributed by atoms with E-state index in [1.807, 2.05) is 37.4 Å². The molecule has 0 saturated heterocycles. The minimum absolute atomic E-state index is 0.122. The lowest BCUT2D eigenvalue weighted by atomic mass is 10.2. The van der Waals surface area contributed by atoms with Crippen molar-refractivity contribution in [1.29, 1.82) is 0 Å². The van der Waals surface area contributed by atoms with Gasteiger partial charge in [0.2, 0.25) is 5.88 Å². The highest BCUT2D eigenvalue weighted by Gasteiger charge is 2.12. The van der Waals surface area contributed by atoms with E-state index >= 15 is 0 Å². The van der Waals surface area contributed by atoms with Gasteiger partial charge in [0, 0.05) is 42.3 Å². The van der Waals surface area contributed by atoms with E-state index in [0.717, 1.165) is 11.3 Å². The summed E-state index contributed by atoms with van der Waals surface area (Å²) in [5.74, 6) is 1.52. The number of nitrogens with zero attached hydrogens (tertiary/aromatic N) is 2. The Labute approximate surface area is 211 Å². The molecule has 5 nitrogen and oxygen atoms in total. The molecule has 0 aliphatic carbocycles. The molecule has 0 bridgehead atoms. The maximum Gasteiger partial charge on any atom is 0.212 e. The fourth-order valence-corrected chi connectivity index (χ4v) is 3.54. The van der Waals surface area contributed by atoms with Crippen LogP contribution < -0.4 is 14.2 Å². The van der Waals surface area contributed by atoms with Crippen molar-refractivity contribution < 1.29 is 14.2 Å². The Morgan fingerprint density at radius 2 is 1.59 bits per heavy atom. The summed E-state index contributed by atoms with van der Waals surface area (Å²) in [6.45, 7) is 0.994. The molecule has 0 amide bonds. The number of benzene rings is 2. The number of hydrogen-bond acceptors (Lipinski definition) is 4. The Hall–Kier alpha value is -1.76. The predicted octanol–water partition coefficient (Wildman–Crippen LogP) is 7.59. The molecule has 0 radical (unpaired) electrons. The summed E-state index contributed by atoms with van der Waals surface area (Å²) in [4.78, 5) is 0. The van der Waals surface area contributed by atoms with Crippen LogP contribution in [0, 0.1) is 0 Å². The molecule has 1 heterocycles. The van der Waals surface area contributed by atoms with Gasteiger partial charge in [0.25, 0.3) is 0 Å². The zero-order valence-corrected chi connectivity index (χ0v) is 20.7. The molecular formula is C22H19Cl5N2O3. The van der Waals surface area contributed by atoms with Crippen molar-refractivity contribution in [2.24, 2.45) is 7.05 Å². The van der Waals surface area contributed by atoms with Crippen molar-refractivity contribution in [2.45, 2.75) is 6.42 Å². The van der Waals surface area contributed by atoms with Crippen LogP contribution in [-0.2, 0) is 7.05 Å². The van der Waals surface area contributed by atoms with Crippen LogP contribution in [0.5, 0.6) is 17.4 Å². The maximum atomic E-state index is 6.27. The van der Waals surface area contributed by atoms with Crippen molar-refractivity contribution in [3.8, 4) is 28.6 Å². The largest absolute Gasteiger partial charge is 0.490 e. The molecule has 2 aromatic carbocycles. The molecule has 0 aliphatic heterocycles. The van der Waals surface area contributed by atoms with E-state index in [2.05, 4.69) is 5.10 Å². The number of ether oxygens (including phenoxy) is 3. The number of halogens is 5. The first-order valence-corrected chi connectivity index (χ1v) is 11.4. The maximum absolute atomic E-state index is 6.27. The highest BCUT2D eigenvalue weighted by molar-refractivity contribution is 6.55. The van der Waals surface area contributed by atoms with Crippen LogP contribution in [0.3, 0.4) is 0 Å². The molecule has 32 heavy (non-hydrogen) atoms. The van der Waals surface area contributed by atoms with Gasteiger partial charge in [0.1, 0.15) is 16.8 Å². The first kappa shape index (κ1) is 24.9. The summed E-state index contributed by atoms with van der Waals surface area (Å²) in [6.07, 6.45) is 2.13. The quantitative estimate of drug-likeness (QED) is 0.250. The van der Waals surface area contributed by atoms with Crippen molar-refractivity contribution in [3.63, 3.8) is 0 Å². The Kier molecular flexibility index (Phi) is 9.26. The summed E-state index contributed by atoms with van der Waals surface area (Å²) in [5, 5.41) is 5.83. The average Bonchev–Trinajstić information content (AvgIpc) is 3.10. The molecule has 0 spiro atoms. The second kappa shape index (κ2) is 11.9. The van der Waals surface area contributed by atoms with Gasteiger partial charge in [-0.05, 0) is 18.2 Å². The molecule has 0 aliphatic rings. The van der Waals surface area contributed by atoms with Crippen LogP contribution >= 0.6 is 58.0 Å². The predicted molar refractivity (Wildman–Crippen MR) is 131 cm³/mol. The van der Waals surface area contributed by atoms with E-state index < -0.39 is 0 Å². The molecular weight excluding hydrogens is 518 g/mol. The van der Waals surface area contributed by atoms with Crippen molar-refractivity contribution in [3.05, 3.63) is 68.1 Å². The van der Waals surface area contributed by atoms with Gasteiger partial charge in [-0.3, -0.25) is 0 Å². The second-order valence-corrected chi connectivity index (χ2v) is 8.83. The van der Waals surface area contributed by atoms with Crippen LogP contribution in [0.15, 0.2) is 53.0 Å². The lowest BCUT2D eigenvalue weighted by molar-refractivity contribution is 0.235. The Bertz CT molecular complexity index is 1060. The lowest BCUT2D eigenvalue weighted by Gasteiger charge is -2.12. The van der Waals surface area contributed by atoms with Gasteiger partial charge in [0.05, 0.1) is 29.0 Å². The van der Waals surface area contributed by atoms with E-state index in [1.54, 1.807) is 16.8 Å². The van der Waals surface area contributed by atoms with Gasteiger partial charge >= 0.3 is 0 Å². The molecule has 1 aromatic heterocycles. The lowest BCUT2D eigenvalue weighted by Crippen LogP contribution is -2.07. The van der Waals surface area contributed by atoms with Crippen molar-refractivity contribution >= 4 is 58.0 Å². The molecule has 170 valence electrons. The van der Waals surface area contributed by atoms with Gasteiger partial charge in [-0.1, -0.05) is 70.1 Å². The Morgan fingerprint density at radius 1 is 0.938 bits per heavy atom. The van der Waals surface area contributed by atoms with Gasteiger partial charge < -0.3 is 14.2 Å². The van der Waals surface area contributed by atoms with E-state index in [-0.39, 0.29) is 11.1 Å². The molecule has 3 rings (SSSR count). The van der Waals surface area contributed by atoms with Crippen molar-refractivity contribution in [1.82, 2.24) is 9.78 Å². The number of aryl methyl sites for hydroxylation is 1. The molecule has 0 fully saturated rings. The van der Waals surface area contributed by atoms with Gasteiger partial charge in [-0.15, -0.1) is 0 Å². The first-order valence-electron chi connectivity index (χ1n) is 9.52. The molecule has 0 saturated carbocycles. The fraction of sp³-hybridized carbons (Fsp3) is 0.227. The smallest absolute Gasteiger partial charge is 0.212 e. The van der Waals surface area contributed by atoms with Crippen LogP contribution in [0.2, 0.25) is 15.1 Å². The summed E-state index contributed by atoms with van der Waals surface area (Å²) in [7, 11) is 1.82. The Balaban J connectivity index is 1.48. The zero-order chi connectivity index (χ0) is 23.1. The molecule has 0 N–H and O–H groups in total. The highest BCUT2D eigenvalue weighted by atomic mass is 35.5. The number of rotatable bonds is 10. The third-order valence-corrected chi connectivity index (χ3v) is 5.34. The van der Waals surface area contributed by atoms with E-state index in [1.165, 1.54) is 6.08 Å². The molecule has 10 heteroatoms. The van der Waals surface area contributed by atoms with E-state index in [4.69, 9.17) is 72.2 Å². The summed E-state index contributed by atoms with van der Waals surface area (Å²) < 4.78 is 18.8. The standard InChI is InChI=1S/C22H19Cl5N2O3/c1-29-21(13-19(28-29)14-3-5-15(23)6-4-14)31-8-2-9-32-22-17(24)11-16(12-18(22)25)30-10-7-20(26)27/h3-7,11-13H,2,8-10H2,1H3. The number of hydrogen-bond donors (Lipinski definition) is 0.